The highest BCUT2D eigenvalue weighted by Gasteiger charge is 2.38. The van der Waals surface area contributed by atoms with Crippen LogP contribution in [0.25, 0.3) is 0 Å². The number of hydrogen-bond acceptors (Lipinski definition) is 2. The monoisotopic (exact) mass is 218 g/mol. The highest BCUT2D eigenvalue weighted by atomic mass is 16.2. The predicted molar refractivity (Wildman–Crippen MR) is 59.7 cm³/mol. The molecule has 0 radical (unpaired) electrons. The van der Waals surface area contributed by atoms with E-state index in [1.165, 1.54) is 0 Å². The molecule has 84 valence electrons. The minimum atomic E-state index is -0.464. The van der Waals surface area contributed by atoms with Gasteiger partial charge in [-0.2, -0.15) is 0 Å². The first-order chi connectivity index (χ1) is 7.74. The lowest BCUT2D eigenvalue weighted by Gasteiger charge is -2.21. The fourth-order valence-electron chi connectivity index (χ4n) is 1.94. The Morgan fingerprint density at radius 2 is 1.94 bits per heavy atom. The van der Waals surface area contributed by atoms with Gasteiger partial charge >= 0.3 is 6.03 Å². The second-order valence-corrected chi connectivity index (χ2v) is 3.80. The lowest BCUT2D eigenvalue weighted by molar-refractivity contribution is -0.121. The van der Waals surface area contributed by atoms with E-state index in [0.717, 1.165) is 12.0 Å². The molecule has 1 saturated heterocycles. The zero-order chi connectivity index (χ0) is 11.5. The third-order valence-corrected chi connectivity index (χ3v) is 2.63. The van der Waals surface area contributed by atoms with Crippen molar-refractivity contribution in [2.24, 2.45) is 0 Å². The normalized spacial score (nSPS) is 20.1. The van der Waals surface area contributed by atoms with Crippen molar-refractivity contribution in [3.8, 4) is 0 Å². The largest absolute Gasteiger partial charge is 0.325 e. The average molecular weight is 218 g/mol. The number of urea groups is 1. The van der Waals surface area contributed by atoms with Crippen LogP contribution in [0.1, 0.15) is 24.9 Å². The molecule has 1 aromatic carbocycles. The molecule has 1 aliphatic heterocycles. The van der Waals surface area contributed by atoms with Gasteiger partial charge in [0.15, 0.2) is 0 Å². The van der Waals surface area contributed by atoms with E-state index < -0.39 is 6.04 Å². The molecule has 0 aromatic heterocycles. The third-order valence-electron chi connectivity index (χ3n) is 2.63. The van der Waals surface area contributed by atoms with Gasteiger partial charge in [-0.25, -0.2) is 4.79 Å². The Morgan fingerprint density at radius 1 is 1.25 bits per heavy atom. The zero-order valence-electron chi connectivity index (χ0n) is 9.14. The summed E-state index contributed by atoms with van der Waals surface area (Å²) in [6, 6.07) is 8.61. The van der Waals surface area contributed by atoms with E-state index >= 15 is 0 Å². The quantitative estimate of drug-likeness (QED) is 0.785. The molecule has 0 saturated carbocycles. The molecule has 0 spiro atoms. The summed E-state index contributed by atoms with van der Waals surface area (Å²) < 4.78 is 0. The van der Waals surface area contributed by atoms with Gasteiger partial charge in [0.1, 0.15) is 6.04 Å². The van der Waals surface area contributed by atoms with Crippen LogP contribution in [0.5, 0.6) is 0 Å². The number of hydrogen-bond donors (Lipinski definition) is 1. The molecule has 16 heavy (non-hydrogen) atoms. The fourth-order valence-corrected chi connectivity index (χ4v) is 1.94. The van der Waals surface area contributed by atoms with E-state index in [2.05, 4.69) is 5.32 Å². The van der Waals surface area contributed by atoms with Crippen molar-refractivity contribution in [3.63, 3.8) is 0 Å². The molecule has 3 amide bonds. The number of carbonyl (C=O) groups is 2. The van der Waals surface area contributed by atoms with Crippen molar-refractivity contribution in [2.75, 3.05) is 6.54 Å². The molecule has 1 atom stereocenters. The molecular weight excluding hydrogens is 204 g/mol. The molecule has 0 unspecified atom stereocenters. The Morgan fingerprint density at radius 3 is 2.56 bits per heavy atom. The smallest absolute Gasteiger partial charge is 0.308 e. The SMILES string of the molecule is CCCN1C(=O)NC(=O)[C@@H]1c1ccccc1. The summed E-state index contributed by atoms with van der Waals surface area (Å²) in [5.41, 5.74) is 0.860. The highest BCUT2D eigenvalue weighted by Crippen LogP contribution is 2.25. The maximum atomic E-state index is 11.7. The minimum absolute atomic E-state index is 0.232. The van der Waals surface area contributed by atoms with Crippen LogP contribution in [-0.2, 0) is 4.79 Å². The molecule has 1 N–H and O–H groups in total. The minimum Gasteiger partial charge on any atom is -0.308 e. The number of nitrogens with zero attached hydrogens (tertiary/aromatic N) is 1. The number of benzene rings is 1. The van der Waals surface area contributed by atoms with Gasteiger partial charge in [-0.05, 0) is 12.0 Å². The van der Waals surface area contributed by atoms with Crippen molar-refractivity contribution in [2.45, 2.75) is 19.4 Å². The highest BCUT2D eigenvalue weighted by molar-refractivity contribution is 6.04. The number of imide groups is 1. The lowest BCUT2D eigenvalue weighted by atomic mass is 10.1. The van der Waals surface area contributed by atoms with Gasteiger partial charge in [-0.15, -0.1) is 0 Å². The standard InChI is InChI=1S/C12H14N2O2/c1-2-8-14-10(11(15)13-12(14)16)9-6-4-3-5-7-9/h3-7,10H,2,8H2,1H3,(H,13,15,16)/t10-/m0/s1. The average Bonchev–Trinajstić information content (AvgIpc) is 2.56. The van der Waals surface area contributed by atoms with Crippen LogP contribution in [0, 0.1) is 0 Å². The third kappa shape index (κ3) is 1.78. The van der Waals surface area contributed by atoms with Crippen molar-refractivity contribution >= 4 is 11.9 Å². The second-order valence-electron chi connectivity index (χ2n) is 3.80. The van der Waals surface area contributed by atoms with E-state index in [4.69, 9.17) is 0 Å². The maximum Gasteiger partial charge on any atom is 0.325 e. The first-order valence-electron chi connectivity index (χ1n) is 5.40. The van der Waals surface area contributed by atoms with E-state index in [0.29, 0.717) is 6.54 Å². The van der Waals surface area contributed by atoms with E-state index in [1.807, 2.05) is 37.3 Å². The van der Waals surface area contributed by atoms with Gasteiger partial charge in [0, 0.05) is 6.54 Å². The topological polar surface area (TPSA) is 49.4 Å². The fraction of sp³-hybridized carbons (Fsp3) is 0.333. The lowest BCUT2D eigenvalue weighted by Crippen LogP contribution is -2.30. The van der Waals surface area contributed by atoms with Crippen molar-refractivity contribution in [3.05, 3.63) is 35.9 Å². The molecular formula is C12H14N2O2. The summed E-state index contributed by atoms with van der Waals surface area (Å²) in [5, 5.41) is 2.35. The first kappa shape index (κ1) is 10.7. The van der Waals surface area contributed by atoms with Crippen LogP contribution in [0.15, 0.2) is 30.3 Å². The number of amides is 3. The van der Waals surface area contributed by atoms with E-state index in [1.54, 1.807) is 4.90 Å². The molecule has 4 heteroatoms. The summed E-state index contributed by atoms with van der Waals surface area (Å²) >= 11 is 0. The molecule has 4 nitrogen and oxygen atoms in total. The number of nitrogens with one attached hydrogen (secondary N) is 1. The van der Waals surface area contributed by atoms with Crippen molar-refractivity contribution < 1.29 is 9.59 Å². The summed E-state index contributed by atoms with van der Waals surface area (Å²) in [5.74, 6) is -0.232. The summed E-state index contributed by atoms with van der Waals surface area (Å²) in [4.78, 5) is 24.8. The Labute approximate surface area is 94.2 Å². The Kier molecular flexibility index (Phi) is 2.90. The van der Waals surface area contributed by atoms with Gasteiger partial charge in [-0.3, -0.25) is 10.1 Å². The predicted octanol–water partition coefficient (Wildman–Crippen LogP) is 1.69. The zero-order valence-corrected chi connectivity index (χ0v) is 9.14. The van der Waals surface area contributed by atoms with Crippen LogP contribution in [0.4, 0.5) is 4.79 Å². The Balaban J connectivity index is 2.30. The van der Waals surface area contributed by atoms with Gasteiger partial charge in [0.25, 0.3) is 5.91 Å². The molecule has 2 rings (SSSR count). The summed E-state index contributed by atoms with van der Waals surface area (Å²) in [6.45, 7) is 2.58. The maximum absolute atomic E-state index is 11.7. The van der Waals surface area contributed by atoms with Gasteiger partial charge < -0.3 is 4.90 Å². The molecule has 1 fully saturated rings. The first-order valence-corrected chi connectivity index (χ1v) is 5.40. The van der Waals surface area contributed by atoms with Crippen LogP contribution in [0.2, 0.25) is 0 Å². The van der Waals surface area contributed by atoms with Crippen LogP contribution in [-0.4, -0.2) is 23.4 Å². The van der Waals surface area contributed by atoms with Crippen LogP contribution in [0.3, 0.4) is 0 Å². The van der Waals surface area contributed by atoms with Gasteiger partial charge in [-0.1, -0.05) is 37.3 Å². The molecule has 1 aromatic rings. The summed E-state index contributed by atoms with van der Waals surface area (Å²) in [7, 11) is 0. The van der Waals surface area contributed by atoms with Gasteiger partial charge in [0.2, 0.25) is 0 Å². The molecule has 0 aliphatic carbocycles. The van der Waals surface area contributed by atoms with Gasteiger partial charge in [0.05, 0.1) is 0 Å². The number of rotatable bonds is 3. The Bertz CT molecular complexity index is 403. The van der Waals surface area contributed by atoms with E-state index in [-0.39, 0.29) is 11.9 Å². The molecule has 1 aliphatic rings. The number of carbonyl (C=O) groups excluding carboxylic acids is 2. The van der Waals surface area contributed by atoms with Crippen LogP contribution < -0.4 is 5.32 Å². The van der Waals surface area contributed by atoms with Crippen LogP contribution >= 0.6 is 0 Å². The molecule has 1 heterocycles. The van der Waals surface area contributed by atoms with E-state index in [9.17, 15) is 9.59 Å². The second kappa shape index (κ2) is 4.35. The van der Waals surface area contributed by atoms with Crippen molar-refractivity contribution in [1.29, 1.82) is 0 Å². The summed E-state index contributed by atoms with van der Waals surface area (Å²) in [6.07, 6.45) is 0.837. The molecule has 0 bridgehead atoms. The Hall–Kier alpha value is -1.84. The van der Waals surface area contributed by atoms with Crippen molar-refractivity contribution in [1.82, 2.24) is 10.2 Å².